The molecule has 208 valence electrons. The van der Waals surface area contributed by atoms with Crippen LogP contribution in [0.5, 0.6) is 0 Å². The van der Waals surface area contributed by atoms with Gasteiger partial charge in [-0.2, -0.15) is 0 Å². The van der Waals surface area contributed by atoms with Gasteiger partial charge in [-0.1, -0.05) is 6.07 Å². The number of anilines is 3. The van der Waals surface area contributed by atoms with E-state index in [4.69, 9.17) is 9.84 Å². The maximum atomic E-state index is 12.7. The quantitative estimate of drug-likeness (QED) is 0.378. The molecule has 0 unspecified atom stereocenters. The second-order valence-electron chi connectivity index (χ2n) is 12.0. The smallest absolute Gasteiger partial charge is 0.410 e. The third-order valence-electron chi connectivity index (χ3n) is 7.33. The number of hydrogen-bond donors (Lipinski definition) is 2. The number of piperazine rings is 1. The van der Waals surface area contributed by atoms with Gasteiger partial charge in [0.1, 0.15) is 17.2 Å². The van der Waals surface area contributed by atoms with E-state index in [0.717, 1.165) is 34.4 Å². The largest absolute Gasteiger partial charge is 0.444 e. The van der Waals surface area contributed by atoms with Crippen molar-refractivity contribution in [2.45, 2.75) is 64.3 Å². The molecule has 0 saturated carbocycles. The van der Waals surface area contributed by atoms with Gasteiger partial charge in [0, 0.05) is 43.1 Å². The molecule has 2 atom stereocenters. The molecule has 2 aliphatic rings. The van der Waals surface area contributed by atoms with Gasteiger partial charge >= 0.3 is 6.09 Å². The molecule has 1 amide bonds. The highest BCUT2D eigenvalue weighted by Gasteiger charge is 2.47. The van der Waals surface area contributed by atoms with E-state index in [1.54, 1.807) is 38.6 Å². The highest BCUT2D eigenvalue weighted by Crippen LogP contribution is 2.36. The highest BCUT2D eigenvalue weighted by molar-refractivity contribution is 5.93. The minimum atomic E-state index is -1.01. The molecule has 2 fully saturated rings. The van der Waals surface area contributed by atoms with Gasteiger partial charge in [-0.05, 0) is 64.8 Å². The topological polar surface area (TPSA) is 122 Å². The second kappa shape index (κ2) is 9.44. The van der Waals surface area contributed by atoms with E-state index in [2.05, 4.69) is 25.2 Å². The summed E-state index contributed by atoms with van der Waals surface area (Å²) < 4.78 is 7.48. The lowest BCUT2D eigenvalue weighted by atomic mass is 9.97. The predicted octanol–water partition coefficient (Wildman–Crippen LogP) is 4.38. The van der Waals surface area contributed by atoms with Crippen molar-refractivity contribution in [3.63, 3.8) is 0 Å². The standard InChI is InChI=1S/C29H34N8O3/c1-28(2,3)40-27(38)36-17-20-13-21(36)16-35(20)25-14-19(8-9-32-25)37-23-12-18(29(4,5)39)6-7-22(23)26(34-37)33-24-15-30-10-11-31-24/h6-12,14-15,20-21,39H,13,16-17H2,1-5H3,(H,31,33,34)/t20-,21-/m0/s1. The van der Waals surface area contributed by atoms with Crippen LogP contribution in [0.15, 0.2) is 55.1 Å². The summed E-state index contributed by atoms with van der Waals surface area (Å²) in [5, 5.41) is 19.8. The SMILES string of the molecule is CC(C)(C)OC(=O)N1C[C@@H]2C[C@H]1CN2c1cc(-n2nc(Nc3cnccn3)c3ccc(C(C)(C)O)cc32)ccn1. The van der Waals surface area contributed by atoms with Crippen molar-refractivity contribution in [1.82, 2.24) is 29.6 Å². The molecule has 3 aromatic heterocycles. The zero-order chi connectivity index (χ0) is 28.2. The average molecular weight is 543 g/mol. The molecule has 11 nitrogen and oxygen atoms in total. The number of aromatic nitrogens is 5. The Bertz CT molecular complexity index is 1560. The summed E-state index contributed by atoms with van der Waals surface area (Å²) >= 11 is 0. The Labute approximate surface area is 232 Å². The summed E-state index contributed by atoms with van der Waals surface area (Å²) in [4.78, 5) is 30.0. The average Bonchev–Trinajstić information content (AvgIpc) is 3.61. The van der Waals surface area contributed by atoms with Gasteiger partial charge in [0.05, 0.1) is 35.1 Å². The minimum Gasteiger partial charge on any atom is -0.444 e. The van der Waals surface area contributed by atoms with E-state index in [1.165, 1.54) is 0 Å². The lowest BCUT2D eigenvalue weighted by molar-refractivity contribution is 0.0214. The van der Waals surface area contributed by atoms with Crippen molar-refractivity contribution in [2.24, 2.45) is 0 Å². The zero-order valence-corrected chi connectivity index (χ0v) is 23.4. The molecule has 0 radical (unpaired) electrons. The van der Waals surface area contributed by atoms with Crippen LogP contribution in [0.1, 0.15) is 46.6 Å². The maximum Gasteiger partial charge on any atom is 0.410 e. The summed E-state index contributed by atoms with van der Waals surface area (Å²) in [6.45, 7) is 10.5. The number of aliphatic hydroxyl groups is 1. The zero-order valence-electron chi connectivity index (χ0n) is 23.4. The van der Waals surface area contributed by atoms with E-state index in [0.29, 0.717) is 24.7 Å². The molecule has 0 spiro atoms. The van der Waals surface area contributed by atoms with Crippen molar-refractivity contribution in [2.75, 3.05) is 23.3 Å². The van der Waals surface area contributed by atoms with E-state index in [-0.39, 0.29) is 18.2 Å². The van der Waals surface area contributed by atoms with Crippen LogP contribution in [-0.2, 0) is 10.3 Å². The fourth-order valence-corrected chi connectivity index (χ4v) is 5.46. The lowest BCUT2D eigenvalue weighted by Gasteiger charge is -2.35. The van der Waals surface area contributed by atoms with Crippen LogP contribution in [0.4, 0.5) is 22.2 Å². The normalized spacial score (nSPS) is 18.9. The summed E-state index contributed by atoms with van der Waals surface area (Å²) in [5.74, 6) is 2.04. The van der Waals surface area contributed by atoms with Gasteiger partial charge in [-0.25, -0.2) is 19.4 Å². The predicted molar refractivity (Wildman–Crippen MR) is 152 cm³/mol. The van der Waals surface area contributed by atoms with Crippen LogP contribution in [0.25, 0.3) is 16.6 Å². The Kier molecular flexibility index (Phi) is 6.14. The number of nitrogens with one attached hydrogen (secondary N) is 1. The second-order valence-corrected chi connectivity index (χ2v) is 12.0. The minimum absolute atomic E-state index is 0.0907. The van der Waals surface area contributed by atoms with E-state index < -0.39 is 11.2 Å². The lowest BCUT2D eigenvalue weighted by Crippen LogP contribution is -2.50. The van der Waals surface area contributed by atoms with Gasteiger partial charge in [0.15, 0.2) is 5.82 Å². The molecule has 2 bridgehead atoms. The number of nitrogens with zero attached hydrogens (tertiary/aromatic N) is 7. The van der Waals surface area contributed by atoms with Gasteiger partial charge in [-0.3, -0.25) is 4.98 Å². The molecule has 11 heteroatoms. The molecular formula is C29H34N8O3. The Balaban J connectivity index is 1.32. The fraction of sp³-hybridized carbons (Fsp3) is 0.414. The molecule has 1 aromatic carbocycles. The van der Waals surface area contributed by atoms with Crippen LogP contribution in [-0.4, -0.2) is 71.6 Å². The summed E-state index contributed by atoms with van der Waals surface area (Å²) in [7, 11) is 0. The van der Waals surface area contributed by atoms with Crippen molar-refractivity contribution in [1.29, 1.82) is 0 Å². The number of rotatable bonds is 5. The van der Waals surface area contributed by atoms with Crippen molar-refractivity contribution >= 4 is 34.4 Å². The Morgan fingerprint density at radius 2 is 1.85 bits per heavy atom. The Hall–Kier alpha value is -4.25. The number of carbonyl (C=O) groups excluding carboxylic acids is 1. The Morgan fingerprint density at radius 3 is 2.52 bits per heavy atom. The van der Waals surface area contributed by atoms with Crippen LogP contribution < -0.4 is 10.2 Å². The summed E-state index contributed by atoms with van der Waals surface area (Å²) in [6, 6.07) is 10.0. The molecule has 2 aliphatic heterocycles. The molecule has 5 heterocycles. The molecule has 0 aliphatic carbocycles. The van der Waals surface area contributed by atoms with Crippen LogP contribution in [0, 0.1) is 0 Å². The van der Waals surface area contributed by atoms with E-state index in [1.807, 2.05) is 60.7 Å². The number of ether oxygens (including phenoxy) is 1. The van der Waals surface area contributed by atoms with E-state index >= 15 is 0 Å². The van der Waals surface area contributed by atoms with Gasteiger partial charge in [0.2, 0.25) is 0 Å². The van der Waals surface area contributed by atoms with Crippen LogP contribution in [0.2, 0.25) is 0 Å². The first-order chi connectivity index (χ1) is 19.0. The fourth-order valence-electron chi connectivity index (χ4n) is 5.46. The molecule has 2 N–H and O–H groups in total. The van der Waals surface area contributed by atoms with Gasteiger partial charge in [-0.15, -0.1) is 5.10 Å². The summed E-state index contributed by atoms with van der Waals surface area (Å²) in [5.41, 5.74) is 0.914. The first-order valence-corrected chi connectivity index (χ1v) is 13.5. The number of fused-ring (bicyclic) bond motifs is 3. The van der Waals surface area contributed by atoms with Crippen LogP contribution in [0.3, 0.4) is 0 Å². The number of hydrogen-bond acceptors (Lipinski definition) is 9. The van der Waals surface area contributed by atoms with Gasteiger partial charge in [0.25, 0.3) is 0 Å². The number of likely N-dealkylation sites (tertiary alicyclic amines) is 1. The number of amides is 1. The molecule has 40 heavy (non-hydrogen) atoms. The third kappa shape index (κ3) is 4.92. The van der Waals surface area contributed by atoms with Crippen LogP contribution >= 0.6 is 0 Å². The maximum absolute atomic E-state index is 12.7. The third-order valence-corrected chi connectivity index (χ3v) is 7.33. The van der Waals surface area contributed by atoms with E-state index in [9.17, 15) is 9.90 Å². The monoisotopic (exact) mass is 542 g/mol. The van der Waals surface area contributed by atoms with Gasteiger partial charge < -0.3 is 25.0 Å². The van der Waals surface area contributed by atoms with Crippen molar-refractivity contribution in [3.05, 3.63) is 60.7 Å². The first-order valence-electron chi connectivity index (χ1n) is 13.5. The number of benzene rings is 1. The molecule has 6 rings (SSSR count). The summed E-state index contributed by atoms with van der Waals surface area (Å²) in [6.07, 6.45) is 7.30. The van der Waals surface area contributed by atoms with Crippen molar-refractivity contribution < 1.29 is 14.6 Å². The molecule has 2 saturated heterocycles. The Morgan fingerprint density at radius 1 is 1.02 bits per heavy atom. The number of pyridine rings is 1. The van der Waals surface area contributed by atoms with Crippen molar-refractivity contribution in [3.8, 4) is 5.69 Å². The molecular weight excluding hydrogens is 508 g/mol. The highest BCUT2D eigenvalue weighted by atomic mass is 16.6. The number of carbonyl (C=O) groups is 1. The first kappa shape index (κ1) is 26.0. The molecule has 4 aromatic rings.